The van der Waals surface area contributed by atoms with Crippen LogP contribution in [0.1, 0.15) is 27.0 Å². The molecule has 0 saturated carbocycles. The van der Waals surface area contributed by atoms with Crippen LogP contribution in [-0.4, -0.2) is 10.8 Å². The molecule has 4 heteroatoms. The maximum Gasteiger partial charge on any atom is 0.205 e. The molecule has 0 bridgehead atoms. The Labute approximate surface area is 139 Å². The monoisotopic (exact) mass is 311 g/mol. The number of H-pyrrole nitrogens is 1. The maximum absolute atomic E-state index is 12.8. The van der Waals surface area contributed by atoms with E-state index in [1.165, 1.54) is 0 Å². The van der Waals surface area contributed by atoms with Gasteiger partial charge in [0.25, 0.3) is 0 Å². The number of aryl methyl sites for hydroxylation is 1. The Morgan fingerprint density at radius 1 is 1.12 bits per heavy atom. The van der Waals surface area contributed by atoms with Crippen molar-refractivity contribution < 1.29 is 4.79 Å². The van der Waals surface area contributed by atoms with E-state index in [0.717, 1.165) is 16.5 Å². The van der Waals surface area contributed by atoms with Crippen LogP contribution < -0.4 is 0 Å². The van der Waals surface area contributed by atoms with Gasteiger partial charge >= 0.3 is 0 Å². The highest BCUT2D eigenvalue weighted by molar-refractivity contribution is 6.20. The van der Waals surface area contributed by atoms with Gasteiger partial charge in [0.15, 0.2) is 0 Å². The molecular formula is C20H13N3O. The third kappa shape index (κ3) is 2.69. The summed E-state index contributed by atoms with van der Waals surface area (Å²) in [6.07, 6.45) is 3.19. The molecule has 1 heterocycles. The van der Waals surface area contributed by atoms with Gasteiger partial charge in [-0.3, -0.25) is 4.79 Å². The van der Waals surface area contributed by atoms with E-state index in [1.807, 2.05) is 37.3 Å². The Morgan fingerprint density at radius 2 is 1.88 bits per heavy atom. The number of nitriles is 2. The van der Waals surface area contributed by atoms with E-state index in [4.69, 9.17) is 5.26 Å². The molecule has 0 spiro atoms. The third-order valence-corrected chi connectivity index (χ3v) is 3.87. The largest absolute Gasteiger partial charge is 0.360 e. The lowest BCUT2D eigenvalue weighted by atomic mass is 9.99. The number of carbonyl (C=O) groups excluding carboxylic acids is 1. The molecule has 0 unspecified atom stereocenters. The number of fused-ring (bicyclic) bond motifs is 1. The second-order valence-electron chi connectivity index (χ2n) is 5.43. The van der Waals surface area contributed by atoms with Gasteiger partial charge in [0, 0.05) is 22.7 Å². The van der Waals surface area contributed by atoms with Gasteiger partial charge in [0.05, 0.1) is 11.6 Å². The summed E-state index contributed by atoms with van der Waals surface area (Å²) < 4.78 is 0. The van der Waals surface area contributed by atoms with Crippen molar-refractivity contribution in [2.24, 2.45) is 0 Å². The fraction of sp³-hybridized carbons (Fsp3) is 0.0500. The molecule has 1 N–H and O–H groups in total. The summed E-state index contributed by atoms with van der Waals surface area (Å²) in [7, 11) is 0. The molecule has 1 aromatic heterocycles. The number of nitrogens with one attached hydrogen (secondary N) is 1. The number of hydrogen-bond acceptors (Lipinski definition) is 3. The van der Waals surface area contributed by atoms with Crippen LogP contribution >= 0.6 is 0 Å². The van der Waals surface area contributed by atoms with Crippen LogP contribution in [0.4, 0.5) is 0 Å². The van der Waals surface area contributed by atoms with Crippen LogP contribution in [-0.2, 0) is 0 Å². The topological polar surface area (TPSA) is 80.4 Å². The second-order valence-corrected chi connectivity index (χ2v) is 5.43. The fourth-order valence-corrected chi connectivity index (χ4v) is 2.66. The van der Waals surface area contributed by atoms with Gasteiger partial charge in [-0.15, -0.1) is 0 Å². The van der Waals surface area contributed by atoms with E-state index in [2.05, 4.69) is 4.98 Å². The number of nitrogens with zero attached hydrogens (tertiary/aromatic N) is 2. The number of benzene rings is 2. The van der Waals surface area contributed by atoms with Crippen LogP contribution in [0, 0.1) is 29.6 Å². The van der Waals surface area contributed by atoms with Crippen LogP contribution in [0.15, 0.2) is 54.2 Å². The van der Waals surface area contributed by atoms with Crippen molar-refractivity contribution in [3.05, 3.63) is 76.5 Å². The zero-order valence-electron chi connectivity index (χ0n) is 13.0. The van der Waals surface area contributed by atoms with Crippen molar-refractivity contribution in [2.75, 3.05) is 0 Å². The summed E-state index contributed by atoms with van der Waals surface area (Å²) in [6, 6.07) is 16.5. The van der Waals surface area contributed by atoms with Crippen molar-refractivity contribution in [3.63, 3.8) is 0 Å². The van der Waals surface area contributed by atoms with Gasteiger partial charge in [0.2, 0.25) is 5.78 Å². The lowest BCUT2D eigenvalue weighted by Crippen LogP contribution is -2.01. The minimum Gasteiger partial charge on any atom is -0.360 e. The van der Waals surface area contributed by atoms with E-state index in [0.29, 0.717) is 16.7 Å². The first-order chi connectivity index (χ1) is 11.6. The molecule has 0 aliphatic carbocycles. The highest BCUT2D eigenvalue weighted by atomic mass is 16.1. The first-order valence-corrected chi connectivity index (χ1v) is 7.37. The van der Waals surface area contributed by atoms with Gasteiger partial charge in [-0.1, -0.05) is 24.3 Å². The minimum atomic E-state index is -0.317. The van der Waals surface area contributed by atoms with Crippen molar-refractivity contribution in [1.82, 2.24) is 4.98 Å². The fourth-order valence-electron chi connectivity index (χ4n) is 2.66. The molecule has 0 fully saturated rings. The Kier molecular flexibility index (Phi) is 3.97. The zero-order valence-corrected chi connectivity index (χ0v) is 13.0. The van der Waals surface area contributed by atoms with E-state index in [-0.39, 0.29) is 11.4 Å². The Hall–Kier alpha value is -3.63. The van der Waals surface area contributed by atoms with Gasteiger partial charge < -0.3 is 4.98 Å². The van der Waals surface area contributed by atoms with E-state index in [1.54, 1.807) is 36.5 Å². The number of allylic oxidation sites excluding steroid dienone is 1. The van der Waals surface area contributed by atoms with Crippen LogP contribution in [0.25, 0.3) is 17.0 Å². The summed E-state index contributed by atoms with van der Waals surface area (Å²) in [4.78, 5) is 15.8. The average molecular weight is 311 g/mol. The highest BCUT2D eigenvalue weighted by Crippen LogP contribution is 2.25. The Bertz CT molecular complexity index is 1040. The average Bonchev–Trinajstić information content (AvgIpc) is 3.05. The second kappa shape index (κ2) is 6.24. The molecule has 0 amide bonds. The zero-order chi connectivity index (χ0) is 17.1. The number of Topliss-reactive ketones (excluding diaryl/α,β-unsaturated/α-hetero) is 1. The van der Waals surface area contributed by atoms with Gasteiger partial charge in [-0.25, -0.2) is 0 Å². The van der Waals surface area contributed by atoms with Crippen LogP contribution in [0.2, 0.25) is 0 Å². The molecule has 2 aromatic carbocycles. The molecule has 3 rings (SSSR count). The molecule has 0 saturated heterocycles. The molecule has 0 atom stereocenters. The lowest BCUT2D eigenvalue weighted by Gasteiger charge is -2.01. The molecule has 0 aliphatic rings. The van der Waals surface area contributed by atoms with Crippen molar-refractivity contribution >= 4 is 22.8 Å². The SMILES string of the molecule is Cc1cccc2[nH]cc(C(=O)C(C#N)=Cc3ccc(C#N)cc3)c12. The summed E-state index contributed by atoms with van der Waals surface area (Å²) in [5.41, 5.74) is 3.63. The smallest absolute Gasteiger partial charge is 0.205 e. The summed E-state index contributed by atoms with van der Waals surface area (Å²) >= 11 is 0. The van der Waals surface area contributed by atoms with Gasteiger partial charge in [-0.05, 0) is 42.3 Å². The van der Waals surface area contributed by atoms with Crippen molar-refractivity contribution in [1.29, 1.82) is 10.5 Å². The quantitative estimate of drug-likeness (QED) is 0.448. The number of hydrogen-bond donors (Lipinski definition) is 1. The van der Waals surface area contributed by atoms with Crippen LogP contribution in [0.5, 0.6) is 0 Å². The minimum absolute atomic E-state index is 0.0591. The molecule has 3 aromatic rings. The van der Waals surface area contributed by atoms with Crippen LogP contribution in [0.3, 0.4) is 0 Å². The van der Waals surface area contributed by atoms with E-state index >= 15 is 0 Å². The standard InChI is InChI=1S/C20H13N3O/c1-13-3-2-4-18-19(13)17(12-23-18)20(24)16(11-22)9-14-5-7-15(10-21)8-6-14/h2-9,12,23H,1H3. The Balaban J connectivity index is 2.04. The van der Waals surface area contributed by atoms with Crippen molar-refractivity contribution in [2.45, 2.75) is 6.92 Å². The molecule has 0 aliphatic heterocycles. The normalized spacial score (nSPS) is 11.0. The first-order valence-electron chi connectivity index (χ1n) is 7.37. The van der Waals surface area contributed by atoms with E-state index in [9.17, 15) is 10.1 Å². The molecule has 24 heavy (non-hydrogen) atoms. The number of carbonyl (C=O) groups is 1. The maximum atomic E-state index is 12.8. The highest BCUT2D eigenvalue weighted by Gasteiger charge is 2.17. The van der Waals surface area contributed by atoms with E-state index < -0.39 is 0 Å². The predicted molar refractivity (Wildman–Crippen MR) is 92.1 cm³/mol. The summed E-state index contributed by atoms with van der Waals surface area (Å²) in [5.74, 6) is -0.317. The first kappa shape index (κ1) is 15.3. The molecular weight excluding hydrogens is 298 g/mol. The number of rotatable bonds is 3. The lowest BCUT2D eigenvalue weighted by molar-refractivity contribution is 0.104. The number of aromatic nitrogens is 1. The molecule has 0 radical (unpaired) electrons. The summed E-state index contributed by atoms with van der Waals surface area (Å²) in [6.45, 7) is 1.93. The van der Waals surface area contributed by atoms with Crippen molar-refractivity contribution in [3.8, 4) is 12.1 Å². The van der Waals surface area contributed by atoms with Gasteiger partial charge in [0.1, 0.15) is 11.6 Å². The molecule has 4 nitrogen and oxygen atoms in total. The number of aromatic amines is 1. The predicted octanol–water partition coefficient (Wildman–Crippen LogP) is 4.14. The van der Waals surface area contributed by atoms with Gasteiger partial charge in [-0.2, -0.15) is 10.5 Å². The summed E-state index contributed by atoms with van der Waals surface area (Å²) in [5, 5.41) is 19.1. The number of ketones is 1. The third-order valence-electron chi connectivity index (χ3n) is 3.87. The molecule has 114 valence electrons. The Morgan fingerprint density at radius 3 is 2.54 bits per heavy atom.